The number of nitro groups is 1. The van der Waals surface area contributed by atoms with Crippen LogP contribution < -0.4 is 9.04 Å². The number of non-ortho nitro benzene ring substituents is 1. The Morgan fingerprint density at radius 2 is 1.58 bits per heavy atom. The van der Waals surface area contributed by atoms with E-state index in [1.54, 1.807) is 48.5 Å². The van der Waals surface area contributed by atoms with E-state index in [4.69, 9.17) is 9.47 Å². The number of ether oxygens (including phenoxy) is 2. The van der Waals surface area contributed by atoms with Gasteiger partial charge in [-0.2, -0.15) is 0 Å². The zero-order chi connectivity index (χ0) is 21.8. The Kier molecular flexibility index (Phi) is 5.88. The highest BCUT2D eigenvalue weighted by Crippen LogP contribution is 2.33. The van der Waals surface area contributed by atoms with Gasteiger partial charge in [0.1, 0.15) is 18.5 Å². The molecule has 0 saturated carbocycles. The van der Waals surface area contributed by atoms with Crippen LogP contribution in [-0.4, -0.2) is 32.7 Å². The Morgan fingerprint density at radius 1 is 1.00 bits per heavy atom. The molecule has 0 bridgehead atoms. The SMILES string of the molecule is O=[N+]([O-])c1ccc(CS(=O)(=O)N(c2ccccc2)c2ccccc2)c(OCC2CO2)c1. The number of benzene rings is 3. The fourth-order valence-electron chi connectivity index (χ4n) is 3.12. The van der Waals surface area contributed by atoms with Gasteiger partial charge in [-0.05, 0) is 30.3 Å². The molecule has 0 aromatic heterocycles. The molecule has 3 aromatic rings. The normalized spacial score (nSPS) is 15.3. The van der Waals surface area contributed by atoms with Crippen molar-refractivity contribution >= 4 is 27.1 Å². The molecule has 3 aromatic carbocycles. The number of hydrogen-bond donors (Lipinski definition) is 0. The summed E-state index contributed by atoms with van der Waals surface area (Å²) in [6, 6.07) is 21.5. The van der Waals surface area contributed by atoms with Crippen LogP contribution in [0.4, 0.5) is 17.1 Å². The van der Waals surface area contributed by atoms with Crippen molar-refractivity contribution < 1.29 is 22.8 Å². The van der Waals surface area contributed by atoms with E-state index in [0.717, 1.165) is 0 Å². The molecule has 0 amide bonds. The number of anilines is 2. The Balaban J connectivity index is 1.71. The van der Waals surface area contributed by atoms with E-state index >= 15 is 0 Å². The molecule has 1 unspecified atom stereocenters. The average Bonchev–Trinajstić information content (AvgIpc) is 3.58. The van der Waals surface area contributed by atoms with Crippen LogP contribution in [0, 0.1) is 10.1 Å². The quantitative estimate of drug-likeness (QED) is 0.283. The van der Waals surface area contributed by atoms with E-state index < -0.39 is 20.7 Å². The van der Waals surface area contributed by atoms with Gasteiger partial charge in [-0.25, -0.2) is 12.7 Å². The fraction of sp³-hybridized carbons (Fsp3) is 0.182. The highest BCUT2D eigenvalue weighted by Gasteiger charge is 2.28. The summed E-state index contributed by atoms with van der Waals surface area (Å²) in [5.74, 6) is -0.232. The van der Waals surface area contributed by atoms with E-state index in [2.05, 4.69) is 0 Å². The number of sulfonamides is 1. The second kappa shape index (κ2) is 8.75. The molecule has 31 heavy (non-hydrogen) atoms. The summed E-state index contributed by atoms with van der Waals surface area (Å²) in [7, 11) is -3.91. The Bertz CT molecular complexity index is 1130. The van der Waals surface area contributed by atoms with Crippen molar-refractivity contribution in [2.75, 3.05) is 17.5 Å². The molecule has 1 saturated heterocycles. The molecule has 0 spiro atoms. The third kappa shape index (κ3) is 5.01. The van der Waals surface area contributed by atoms with E-state index in [1.807, 2.05) is 12.1 Å². The van der Waals surface area contributed by atoms with Gasteiger partial charge in [0.25, 0.3) is 5.69 Å². The molecule has 0 N–H and O–H groups in total. The van der Waals surface area contributed by atoms with Crippen molar-refractivity contribution in [1.29, 1.82) is 0 Å². The maximum absolute atomic E-state index is 13.5. The van der Waals surface area contributed by atoms with Gasteiger partial charge in [-0.1, -0.05) is 36.4 Å². The Hall–Kier alpha value is -3.43. The second-order valence-electron chi connectivity index (χ2n) is 7.01. The third-order valence-corrected chi connectivity index (χ3v) is 6.34. The van der Waals surface area contributed by atoms with Gasteiger partial charge in [0.2, 0.25) is 10.0 Å². The first-order chi connectivity index (χ1) is 14.9. The summed E-state index contributed by atoms with van der Waals surface area (Å²) >= 11 is 0. The summed E-state index contributed by atoms with van der Waals surface area (Å²) in [5.41, 5.74) is 1.15. The van der Waals surface area contributed by atoms with Crippen LogP contribution in [0.25, 0.3) is 0 Å². The molecule has 1 fully saturated rings. The molecule has 4 rings (SSSR count). The van der Waals surface area contributed by atoms with Gasteiger partial charge in [-0.3, -0.25) is 10.1 Å². The van der Waals surface area contributed by atoms with Crippen molar-refractivity contribution in [3.8, 4) is 5.75 Å². The topological polar surface area (TPSA) is 102 Å². The number of epoxide rings is 1. The first kappa shape index (κ1) is 20.8. The van der Waals surface area contributed by atoms with Crippen LogP contribution in [0.2, 0.25) is 0 Å². The maximum Gasteiger partial charge on any atom is 0.273 e. The van der Waals surface area contributed by atoms with E-state index in [9.17, 15) is 18.5 Å². The minimum Gasteiger partial charge on any atom is -0.490 e. The zero-order valence-corrected chi connectivity index (χ0v) is 17.3. The summed E-state index contributed by atoms with van der Waals surface area (Å²) in [4.78, 5) is 10.6. The fourth-order valence-corrected chi connectivity index (χ4v) is 4.76. The molecule has 160 valence electrons. The molecule has 9 heteroatoms. The monoisotopic (exact) mass is 440 g/mol. The lowest BCUT2D eigenvalue weighted by molar-refractivity contribution is -0.385. The molecule has 1 aliphatic rings. The average molecular weight is 440 g/mol. The minimum absolute atomic E-state index is 0.0751. The summed E-state index contributed by atoms with van der Waals surface area (Å²) < 4.78 is 39.1. The molecular formula is C22H20N2O6S. The highest BCUT2D eigenvalue weighted by molar-refractivity contribution is 7.92. The lowest BCUT2D eigenvalue weighted by Crippen LogP contribution is -2.27. The van der Waals surface area contributed by atoms with Gasteiger partial charge in [-0.15, -0.1) is 0 Å². The van der Waals surface area contributed by atoms with Gasteiger partial charge in [0, 0.05) is 11.6 Å². The molecule has 0 aliphatic carbocycles. The number of rotatable bonds is 9. The van der Waals surface area contributed by atoms with Gasteiger partial charge >= 0.3 is 0 Å². The number of nitrogens with zero attached hydrogens (tertiary/aromatic N) is 2. The highest BCUT2D eigenvalue weighted by atomic mass is 32.2. The largest absolute Gasteiger partial charge is 0.490 e. The molecule has 1 aliphatic heterocycles. The lowest BCUT2D eigenvalue weighted by atomic mass is 10.2. The van der Waals surface area contributed by atoms with Gasteiger partial charge in [0.15, 0.2) is 0 Å². The first-order valence-electron chi connectivity index (χ1n) is 9.59. The first-order valence-corrected chi connectivity index (χ1v) is 11.2. The number of nitro benzene ring substituents is 1. The maximum atomic E-state index is 13.5. The van der Waals surface area contributed by atoms with Gasteiger partial charge < -0.3 is 9.47 Å². The number of para-hydroxylation sites is 2. The van der Waals surface area contributed by atoms with E-state index in [0.29, 0.717) is 23.5 Å². The second-order valence-corrected chi connectivity index (χ2v) is 8.82. The molecule has 8 nitrogen and oxygen atoms in total. The van der Waals surface area contributed by atoms with Crippen LogP contribution in [0.5, 0.6) is 5.75 Å². The van der Waals surface area contributed by atoms with Crippen LogP contribution in [0.3, 0.4) is 0 Å². The van der Waals surface area contributed by atoms with Crippen LogP contribution in [0.1, 0.15) is 5.56 Å². The lowest BCUT2D eigenvalue weighted by Gasteiger charge is -2.25. The van der Waals surface area contributed by atoms with Crippen molar-refractivity contribution in [2.45, 2.75) is 11.9 Å². The van der Waals surface area contributed by atoms with Crippen molar-refractivity contribution in [2.24, 2.45) is 0 Å². The Labute approximate surface area is 179 Å². The van der Waals surface area contributed by atoms with Crippen molar-refractivity contribution in [1.82, 2.24) is 0 Å². The third-order valence-electron chi connectivity index (χ3n) is 4.69. The molecule has 1 heterocycles. The predicted molar refractivity (Wildman–Crippen MR) is 116 cm³/mol. The van der Waals surface area contributed by atoms with Crippen molar-refractivity contribution in [3.63, 3.8) is 0 Å². The van der Waals surface area contributed by atoms with Crippen LogP contribution in [-0.2, 0) is 20.5 Å². The molecule has 1 atom stereocenters. The van der Waals surface area contributed by atoms with E-state index in [-0.39, 0.29) is 24.1 Å². The number of hydrogen-bond acceptors (Lipinski definition) is 6. The standard InChI is InChI=1S/C22H20N2O6S/c25-24(26)20-12-11-17(22(13-20)30-15-21-14-29-21)16-31(27,28)23(18-7-3-1-4-8-18)19-9-5-2-6-10-19/h1-13,21H,14-16H2. The summed E-state index contributed by atoms with van der Waals surface area (Å²) in [5, 5.41) is 11.2. The van der Waals surface area contributed by atoms with Gasteiger partial charge in [0.05, 0.1) is 34.7 Å². The van der Waals surface area contributed by atoms with E-state index in [1.165, 1.54) is 22.5 Å². The Morgan fingerprint density at radius 3 is 2.10 bits per heavy atom. The zero-order valence-electron chi connectivity index (χ0n) is 16.5. The molecule has 0 radical (unpaired) electrons. The smallest absolute Gasteiger partial charge is 0.273 e. The van der Waals surface area contributed by atoms with Crippen LogP contribution >= 0.6 is 0 Å². The summed E-state index contributed by atoms with van der Waals surface area (Å²) in [6.07, 6.45) is -0.0751. The minimum atomic E-state index is -3.91. The molecular weight excluding hydrogens is 420 g/mol. The summed E-state index contributed by atoms with van der Waals surface area (Å²) in [6.45, 7) is 0.758. The van der Waals surface area contributed by atoms with Crippen molar-refractivity contribution in [3.05, 3.63) is 94.5 Å². The van der Waals surface area contributed by atoms with Crippen LogP contribution in [0.15, 0.2) is 78.9 Å². The predicted octanol–water partition coefficient (Wildman–Crippen LogP) is 4.04.